The molecule has 104 valence electrons. The Bertz CT molecular complexity index is 28.2. The lowest BCUT2D eigenvalue weighted by Gasteiger charge is -1.74. The largest absolute Gasteiger partial charge is 0.412 e. The third-order valence-corrected chi connectivity index (χ3v) is 0. The maximum absolute atomic E-state index is 8.25. The van der Waals surface area contributed by atoms with E-state index in [9.17, 15) is 0 Å². The second-order valence-electron chi connectivity index (χ2n) is 0.224. The SMILES string of the molecule is O.O.O.O.O.O.O.O.O.O.O=[N+]([O-])[O-]. The Hall–Kier alpha value is -1.20. The van der Waals surface area contributed by atoms with Gasteiger partial charge in [-0.15, -0.1) is 0 Å². The standard InChI is InChI=1S/NO3.10H2O/c2-1(3)4;;;;;;;;;;/h;10*1H2/q-1;;;;;;;;;;. The van der Waals surface area contributed by atoms with E-state index in [1.165, 1.54) is 0 Å². The average Bonchev–Trinajstić information content (AvgIpc) is 0.811. The molecule has 20 N–H and O–H groups in total. The van der Waals surface area contributed by atoms with Gasteiger partial charge in [0.1, 0.15) is 0 Å². The first-order valence-electron chi connectivity index (χ1n) is 0.548. The van der Waals surface area contributed by atoms with Gasteiger partial charge in [0.05, 0.1) is 5.09 Å². The summed E-state index contributed by atoms with van der Waals surface area (Å²) < 4.78 is 0. The molecule has 14 heteroatoms. The summed E-state index contributed by atoms with van der Waals surface area (Å²) in [6, 6.07) is 0. The summed E-state index contributed by atoms with van der Waals surface area (Å²) in [5.41, 5.74) is 0. The van der Waals surface area contributed by atoms with Crippen molar-refractivity contribution < 1.29 is 59.8 Å². The van der Waals surface area contributed by atoms with E-state index in [4.69, 9.17) is 15.3 Å². The summed E-state index contributed by atoms with van der Waals surface area (Å²) >= 11 is 0. The molecule has 0 amide bonds. The molecule has 0 unspecified atom stereocenters. The van der Waals surface area contributed by atoms with Crippen LogP contribution in [0.2, 0.25) is 0 Å². The fraction of sp³-hybridized carbons (Fsp3) is 0. The summed E-state index contributed by atoms with van der Waals surface area (Å²) in [5, 5.41) is 14.8. The molecule has 0 aliphatic carbocycles. The molecule has 0 spiro atoms. The smallest absolute Gasteiger partial charge is 0.0689 e. The Morgan fingerprint density at radius 1 is 0.500 bits per heavy atom. The highest BCUT2D eigenvalue weighted by atomic mass is 16.9. The minimum Gasteiger partial charge on any atom is -0.412 e. The van der Waals surface area contributed by atoms with Crippen LogP contribution in [-0.4, -0.2) is 59.8 Å². The average molecular weight is 242 g/mol. The molecule has 0 radical (unpaired) electrons. The molecule has 0 atom stereocenters. The van der Waals surface area contributed by atoms with Gasteiger partial charge in [-0.3, -0.25) is 0 Å². The maximum Gasteiger partial charge on any atom is 0.0689 e. The highest BCUT2D eigenvalue weighted by Crippen LogP contribution is 1.44. The summed E-state index contributed by atoms with van der Waals surface area (Å²) in [6.45, 7) is 0. The zero-order valence-corrected chi connectivity index (χ0v) is 6.67. The first-order valence-corrected chi connectivity index (χ1v) is 0.548. The van der Waals surface area contributed by atoms with E-state index < -0.39 is 5.09 Å². The number of hydrogen-bond donors (Lipinski definition) is 0. The van der Waals surface area contributed by atoms with Gasteiger partial charge in [0, 0.05) is 0 Å². The summed E-state index contributed by atoms with van der Waals surface area (Å²) in [4.78, 5) is 8.25. The molecule has 14 nitrogen and oxygen atoms in total. The van der Waals surface area contributed by atoms with Gasteiger partial charge in [-0.1, -0.05) is 0 Å². The van der Waals surface area contributed by atoms with Crippen LogP contribution in [0.15, 0.2) is 0 Å². The molecule has 0 bridgehead atoms. The normalized spacial score (nSPS) is 1.71. The fourth-order valence-electron chi connectivity index (χ4n) is 0. The van der Waals surface area contributed by atoms with Gasteiger partial charge >= 0.3 is 0 Å². The van der Waals surface area contributed by atoms with Crippen molar-refractivity contribution in [2.24, 2.45) is 0 Å². The first-order chi connectivity index (χ1) is 1.73. The zero-order chi connectivity index (χ0) is 3.58. The molecular weight excluding hydrogens is 222 g/mol. The van der Waals surface area contributed by atoms with Crippen LogP contribution >= 0.6 is 0 Å². The van der Waals surface area contributed by atoms with Gasteiger partial charge in [-0.25, -0.2) is 0 Å². The van der Waals surface area contributed by atoms with Gasteiger partial charge < -0.3 is 70.1 Å². The summed E-state index contributed by atoms with van der Waals surface area (Å²) in [5.74, 6) is 0. The molecule has 0 fully saturated rings. The van der Waals surface area contributed by atoms with Gasteiger partial charge in [0.25, 0.3) is 0 Å². The molecule has 0 heterocycles. The second kappa shape index (κ2) is 425. The zero-order valence-electron chi connectivity index (χ0n) is 6.67. The Labute approximate surface area is 76.6 Å². The van der Waals surface area contributed by atoms with Gasteiger partial charge in [0.15, 0.2) is 0 Å². The monoisotopic (exact) mass is 242 g/mol. The third kappa shape index (κ3) is 720. The van der Waals surface area contributed by atoms with Crippen molar-refractivity contribution in [3.05, 3.63) is 15.3 Å². The van der Waals surface area contributed by atoms with E-state index in [1.54, 1.807) is 0 Å². The van der Waals surface area contributed by atoms with E-state index in [-0.39, 0.29) is 54.8 Å². The van der Waals surface area contributed by atoms with E-state index in [0.717, 1.165) is 0 Å². The van der Waals surface area contributed by atoms with E-state index in [2.05, 4.69) is 0 Å². The van der Waals surface area contributed by atoms with Crippen molar-refractivity contribution in [3.8, 4) is 0 Å². The predicted molar refractivity (Wildman–Crippen MR) is 46.5 cm³/mol. The molecule has 0 aliphatic heterocycles. The molecule has 0 saturated carbocycles. The molecular formula is H20NO13-. The van der Waals surface area contributed by atoms with Crippen molar-refractivity contribution in [2.75, 3.05) is 0 Å². The quantitative estimate of drug-likeness (QED) is 0.294. The van der Waals surface area contributed by atoms with Gasteiger partial charge in [-0.2, -0.15) is 0 Å². The molecule has 0 aliphatic rings. The third-order valence-electron chi connectivity index (χ3n) is 0. The van der Waals surface area contributed by atoms with Crippen LogP contribution in [0.25, 0.3) is 0 Å². The van der Waals surface area contributed by atoms with Crippen LogP contribution in [0.5, 0.6) is 0 Å². The molecule has 0 aromatic carbocycles. The van der Waals surface area contributed by atoms with Crippen LogP contribution in [0.3, 0.4) is 0 Å². The van der Waals surface area contributed by atoms with Crippen LogP contribution in [0, 0.1) is 15.3 Å². The minimum absolute atomic E-state index is 0. The van der Waals surface area contributed by atoms with Crippen molar-refractivity contribution in [1.29, 1.82) is 0 Å². The Kier molecular flexibility index (Phi) is 16700. The summed E-state index contributed by atoms with van der Waals surface area (Å²) in [7, 11) is 0. The topological polar surface area (TPSA) is 381 Å². The molecule has 14 heavy (non-hydrogen) atoms. The van der Waals surface area contributed by atoms with E-state index in [1.807, 2.05) is 0 Å². The lowest BCUT2D eigenvalue weighted by atomic mass is 13.1. The van der Waals surface area contributed by atoms with E-state index in [0.29, 0.717) is 0 Å². The van der Waals surface area contributed by atoms with Crippen LogP contribution in [0.4, 0.5) is 0 Å². The maximum atomic E-state index is 8.25. The lowest BCUT2D eigenvalue weighted by Crippen LogP contribution is -1.74. The van der Waals surface area contributed by atoms with Crippen molar-refractivity contribution >= 4 is 0 Å². The minimum atomic E-state index is -1.75. The van der Waals surface area contributed by atoms with Crippen LogP contribution in [-0.2, 0) is 0 Å². The van der Waals surface area contributed by atoms with Gasteiger partial charge in [0.2, 0.25) is 0 Å². The van der Waals surface area contributed by atoms with Crippen molar-refractivity contribution in [1.82, 2.24) is 0 Å². The molecule has 0 aromatic heterocycles. The number of hydrogen-bond acceptors (Lipinski definition) is 3. The highest BCUT2D eigenvalue weighted by molar-refractivity contribution is 4.03. The van der Waals surface area contributed by atoms with Crippen molar-refractivity contribution in [2.45, 2.75) is 0 Å². The van der Waals surface area contributed by atoms with Gasteiger partial charge in [-0.05, 0) is 0 Å². The van der Waals surface area contributed by atoms with E-state index >= 15 is 0 Å². The lowest BCUT2D eigenvalue weighted by molar-refractivity contribution is -0.402. The molecule has 0 saturated heterocycles. The fourth-order valence-corrected chi connectivity index (χ4v) is 0. The highest BCUT2D eigenvalue weighted by Gasteiger charge is 1.45. The van der Waals surface area contributed by atoms with Crippen LogP contribution in [0.1, 0.15) is 0 Å². The predicted octanol–water partition coefficient (Wildman–Crippen LogP) is -8.49. The molecule has 0 aromatic rings. The van der Waals surface area contributed by atoms with Crippen molar-refractivity contribution in [3.63, 3.8) is 0 Å². The Morgan fingerprint density at radius 2 is 0.500 bits per heavy atom. The Morgan fingerprint density at radius 3 is 0.500 bits per heavy atom. The number of nitrogens with zero attached hydrogens (tertiary/aromatic N) is 1. The number of rotatable bonds is 0. The first kappa shape index (κ1) is 550. The summed E-state index contributed by atoms with van der Waals surface area (Å²) in [6.07, 6.45) is 0. The van der Waals surface area contributed by atoms with Crippen LogP contribution < -0.4 is 0 Å². The second-order valence-corrected chi connectivity index (χ2v) is 0.224. The molecule has 0 rings (SSSR count). The Balaban J connectivity index is -0.000000001000.